The standard InChI is InChI=1S/C13H9.Hf.2HI/c1-3-7-12-10(5-1)9-11-6-2-4-8-13(11)12;;;/h1-5,7-8H,9H2;;2*1H/q-1;;;/p-2. The van der Waals surface area contributed by atoms with Gasteiger partial charge >= 0.3 is 0 Å². The zero-order chi connectivity index (χ0) is 8.67. The Morgan fingerprint density at radius 2 is 1.56 bits per heavy atom. The van der Waals surface area contributed by atoms with E-state index >= 15 is 0 Å². The van der Waals surface area contributed by atoms with Gasteiger partial charge in [-0.1, -0.05) is 35.4 Å². The van der Waals surface area contributed by atoms with E-state index in [1.807, 2.05) is 6.07 Å². The van der Waals surface area contributed by atoms with E-state index in [4.69, 9.17) is 0 Å². The first-order chi connectivity index (χ1) is 6.45. The van der Waals surface area contributed by atoms with Gasteiger partial charge in [0.2, 0.25) is 0 Å². The summed E-state index contributed by atoms with van der Waals surface area (Å²) in [6.45, 7) is 0. The fourth-order valence-electron chi connectivity index (χ4n) is 2.00. The van der Waals surface area contributed by atoms with Crippen LogP contribution in [0.25, 0.3) is 11.1 Å². The van der Waals surface area contributed by atoms with Crippen LogP contribution in [0, 0.1) is 6.07 Å². The van der Waals surface area contributed by atoms with E-state index < -0.39 is 0 Å². The predicted molar refractivity (Wildman–Crippen MR) is 53.5 cm³/mol. The van der Waals surface area contributed by atoms with Crippen LogP contribution in [0.1, 0.15) is 11.1 Å². The Bertz CT molecular complexity index is 425. The van der Waals surface area contributed by atoms with Gasteiger partial charge in [0, 0.05) is 25.8 Å². The Labute approximate surface area is 149 Å². The van der Waals surface area contributed by atoms with Crippen LogP contribution < -0.4 is 48.0 Å². The van der Waals surface area contributed by atoms with Gasteiger partial charge in [-0.15, -0.1) is 5.56 Å². The van der Waals surface area contributed by atoms with E-state index in [1.54, 1.807) is 0 Å². The second-order valence-corrected chi connectivity index (χ2v) is 3.40. The van der Waals surface area contributed by atoms with Crippen molar-refractivity contribution in [2.45, 2.75) is 6.42 Å². The van der Waals surface area contributed by atoms with Gasteiger partial charge in [0.25, 0.3) is 0 Å². The fraction of sp³-hybridized carbons (Fsp3) is 0.0769. The summed E-state index contributed by atoms with van der Waals surface area (Å²) in [5, 5.41) is 0. The van der Waals surface area contributed by atoms with Crippen LogP contribution >= 0.6 is 0 Å². The smallest absolute Gasteiger partial charge is 0 e. The van der Waals surface area contributed by atoms with Crippen LogP contribution in [0.2, 0.25) is 0 Å². The molecule has 16 heavy (non-hydrogen) atoms. The van der Waals surface area contributed by atoms with E-state index in [9.17, 15) is 0 Å². The minimum Gasteiger partial charge on any atom is -1.00 e. The molecule has 0 radical (unpaired) electrons. The molecule has 2 aromatic rings. The number of rotatable bonds is 0. The van der Waals surface area contributed by atoms with Gasteiger partial charge in [-0.05, 0) is 6.42 Å². The Morgan fingerprint density at radius 1 is 0.875 bits per heavy atom. The van der Waals surface area contributed by atoms with Crippen LogP contribution in [-0.4, -0.2) is 0 Å². The molecule has 0 aromatic heterocycles. The minimum absolute atomic E-state index is 0. The molecule has 0 fully saturated rings. The molecule has 0 heterocycles. The van der Waals surface area contributed by atoms with Gasteiger partial charge in [-0.2, -0.15) is 29.8 Å². The van der Waals surface area contributed by atoms with Crippen LogP contribution in [0.3, 0.4) is 0 Å². The first-order valence-corrected chi connectivity index (χ1v) is 4.53. The minimum atomic E-state index is 0. The number of fused-ring (bicyclic) bond motifs is 3. The molecule has 0 atom stereocenters. The van der Waals surface area contributed by atoms with Crippen molar-refractivity contribution in [3.63, 3.8) is 0 Å². The first kappa shape index (κ1) is 16.8. The molecule has 3 rings (SSSR count). The van der Waals surface area contributed by atoms with Gasteiger partial charge < -0.3 is 48.0 Å². The molecule has 0 unspecified atom stereocenters. The monoisotopic (exact) mass is 599 g/mol. The molecule has 0 spiro atoms. The van der Waals surface area contributed by atoms with Gasteiger partial charge in [0.05, 0.1) is 0 Å². The van der Waals surface area contributed by atoms with E-state index in [1.165, 1.54) is 22.3 Å². The maximum absolute atomic E-state index is 3.30. The van der Waals surface area contributed by atoms with Crippen molar-refractivity contribution in [3.8, 4) is 11.1 Å². The predicted octanol–water partition coefficient (Wildman–Crippen LogP) is -2.94. The van der Waals surface area contributed by atoms with Gasteiger partial charge in [0.15, 0.2) is 0 Å². The van der Waals surface area contributed by atoms with Crippen LogP contribution in [-0.2, 0) is 32.3 Å². The van der Waals surface area contributed by atoms with Gasteiger partial charge in [0.1, 0.15) is 0 Å². The first-order valence-electron chi connectivity index (χ1n) is 4.53. The van der Waals surface area contributed by atoms with Crippen LogP contribution in [0.15, 0.2) is 42.5 Å². The summed E-state index contributed by atoms with van der Waals surface area (Å²) in [7, 11) is 0. The molecule has 82 valence electrons. The zero-order valence-corrected chi connectivity index (χ0v) is 16.4. The molecule has 1 aliphatic rings. The summed E-state index contributed by atoms with van der Waals surface area (Å²) in [4.78, 5) is 0. The van der Waals surface area contributed by atoms with Gasteiger partial charge in [-0.25, -0.2) is 0 Å². The van der Waals surface area contributed by atoms with Crippen molar-refractivity contribution in [1.29, 1.82) is 0 Å². The second-order valence-electron chi connectivity index (χ2n) is 3.40. The zero-order valence-electron chi connectivity index (χ0n) is 8.50. The molecule has 0 saturated heterocycles. The van der Waals surface area contributed by atoms with E-state index in [0.717, 1.165) is 6.42 Å². The molecule has 0 nitrogen and oxygen atoms in total. The average molecular weight is 598 g/mol. The van der Waals surface area contributed by atoms with Crippen molar-refractivity contribution in [1.82, 2.24) is 0 Å². The average Bonchev–Trinajstić information content (AvgIpc) is 2.56. The van der Waals surface area contributed by atoms with Crippen molar-refractivity contribution < 1.29 is 73.8 Å². The van der Waals surface area contributed by atoms with Crippen molar-refractivity contribution in [3.05, 3.63) is 59.7 Å². The van der Waals surface area contributed by atoms with E-state index in [-0.39, 0.29) is 73.8 Å². The number of benzene rings is 2. The summed E-state index contributed by atoms with van der Waals surface area (Å²) in [6.07, 6.45) is 1.05. The molecule has 0 bridgehead atoms. The molecule has 0 amide bonds. The third-order valence-corrected chi connectivity index (χ3v) is 2.62. The third-order valence-electron chi connectivity index (χ3n) is 2.62. The second kappa shape index (κ2) is 7.26. The molecule has 0 saturated carbocycles. The molecule has 0 N–H and O–H groups in total. The Hall–Kier alpha value is 0.770. The van der Waals surface area contributed by atoms with Crippen LogP contribution in [0.5, 0.6) is 0 Å². The number of hydrogen-bond acceptors (Lipinski definition) is 0. The molecular formula is C13H9HfI2-3. The largest absolute Gasteiger partial charge is 1.00 e. The van der Waals surface area contributed by atoms with Crippen molar-refractivity contribution in [2.75, 3.05) is 0 Å². The van der Waals surface area contributed by atoms with Crippen molar-refractivity contribution >= 4 is 0 Å². The maximum atomic E-state index is 3.30. The summed E-state index contributed by atoms with van der Waals surface area (Å²) < 4.78 is 0. The SMILES string of the molecule is [Hf].[I-].[I-].[c-]1cccc2c1Cc1ccccc1-2. The number of hydrogen-bond donors (Lipinski definition) is 0. The summed E-state index contributed by atoms with van der Waals surface area (Å²) >= 11 is 0. The number of halogens is 2. The summed E-state index contributed by atoms with van der Waals surface area (Å²) in [5.41, 5.74) is 5.51. The molecular weight excluding hydrogens is 588 g/mol. The molecule has 1 aliphatic carbocycles. The normalized spacial score (nSPS) is 10.0. The Balaban J connectivity index is 0.000000750. The molecule has 3 heteroatoms. The summed E-state index contributed by atoms with van der Waals surface area (Å²) in [6, 6.07) is 18.1. The quantitative estimate of drug-likeness (QED) is 0.148. The van der Waals surface area contributed by atoms with E-state index in [0.29, 0.717) is 0 Å². The molecule has 2 aromatic carbocycles. The Kier molecular flexibility index (Phi) is 7.61. The molecule has 0 aliphatic heterocycles. The Morgan fingerprint density at radius 3 is 2.38 bits per heavy atom. The maximum Gasteiger partial charge on any atom is 0 e. The topological polar surface area (TPSA) is 0 Å². The van der Waals surface area contributed by atoms with Gasteiger partial charge in [-0.3, -0.25) is 0 Å². The third kappa shape index (κ3) is 2.96. The van der Waals surface area contributed by atoms with Crippen LogP contribution in [0.4, 0.5) is 0 Å². The fourth-order valence-corrected chi connectivity index (χ4v) is 2.00. The van der Waals surface area contributed by atoms with Crippen molar-refractivity contribution in [2.24, 2.45) is 0 Å². The summed E-state index contributed by atoms with van der Waals surface area (Å²) in [5.74, 6) is 0. The van der Waals surface area contributed by atoms with E-state index in [2.05, 4.69) is 42.5 Å².